The summed E-state index contributed by atoms with van der Waals surface area (Å²) in [6.07, 6.45) is 0. The lowest BCUT2D eigenvalue weighted by molar-refractivity contribution is 1.60. The van der Waals surface area contributed by atoms with E-state index in [9.17, 15) is 1.37 Å². The number of benzene rings is 10. The molecule has 0 fully saturated rings. The molecule has 0 aromatic heterocycles. The first-order chi connectivity index (χ1) is 28.9. The molecule has 0 aliphatic rings. The lowest BCUT2D eigenvalue weighted by atomic mass is 9.88. The molecule has 0 unspecified atom stereocenters. The summed E-state index contributed by atoms with van der Waals surface area (Å²) in [7, 11) is 0. The maximum absolute atomic E-state index is 9.17. The van der Waals surface area contributed by atoms with E-state index < -0.39 is 72.5 Å². The predicted molar refractivity (Wildman–Crippen MR) is 190 cm³/mol. The summed E-state index contributed by atoms with van der Waals surface area (Å²) in [5, 5.41) is 0.543. The van der Waals surface area contributed by atoms with Crippen LogP contribution in [-0.4, -0.2) is 0 Å². The maximum atomic E-state index is 9.17. The average Bonchev–Trinajstić information content (AvgIpc) is 3.24. The van der Waals surface area contributed by atoms with E-state index >= 15 is 0 Å². The van der Waals surface area contributed by atoms with E-state index in [0.29, 0.717) is 22.3 Å². The molecule has 202 valence electrons. The third-order valence-electron chi connectivity index (χ3n) is 8.36. The van der Waals surface area contributed by atoms with Crippen LogP contribution in [0.3, 0.4) is 0 Å². The first kappa shape index (κ1) is 12.9. The standard InChI is InChI=1S/C44H26/c1-4-29-14-16-33-18-22-37(39-24-20-31(6-1)41(29)43(33)39)28-12-10-27(11-13-28)35-8-3-9-36(26-35)38-23-19-34-17-15-30-5-2-7-32-21-25-40(38)44(34)42(30)32/h1-26H/i1D,2D,4D,5D,6D,7D,14D,15D,16D,17D,18D,19D,20D,22D,23D,24D,25D. The second kappa shape index (κ2) is 8.89. The Labute approximate surface area is 279 Å². The highest BCUT2D eigenvalue weighted by molar-refractivity contribution is 6.26. The molecule has 0 atom stereocenters. The van der Waals surface area contributed by atoms with Crippen LogP contribution in [0.15, 0.2) is 157 Å². The summed E-state index contributed by atoms with van der Waals surface area (Å²) in [6.45, 7) is 0. The fraction of sp³-hybridized carbons (Fsp3) is 0. The highest BCUT2D eigenvalue weighted by Gasteiger charge is 2.14. The fourth-order valence-corrected chi connectivity index (χ4v) is 6.32. The van der Waals surface area contributed by atoms with Gasteiger partial charge in [-0.05, 0) is 104 Å². The van der Waals surface area contributed by atoms with E-state index in [1.807, 2.05) is 0 Å². The Hall–Kier alpha value is -5.72. The van der Waals surface area contributed by atoms with Crippen molar-refractivity contribution in [2.24, 2.45) is 0 Å². The van der Waals surface area contributed by atoms with Gasteiger partial charge in [-0.25, -0.2) is 0 Å². The van der Waals surface area contributed by atoms with Crippen molar-refractivity contribution in [2.75, 3.05) is 0 Å². The average molecular weight is 572 g/mol. The van der Waals surface area contributed by atoms with Crippen LogP contribution in [0, 0.1) is 0 Å². The van der Waals surface area contributed by atoms with Crippen molar-refractivity contribution in [3.8, 4) is 33.4 Å². The molecule has 0 saturated heterocycles. The quantitative estimate of drug-likeness (QED) is 0.185. The molecule has 0 nitrogen and oxygen atoms in total. The third kappa shape index (κ3) is 3.34. The summed E-state index contributed by atoms with van der Waals surface area (Å²) in [5.74, 6) is 0. The van der Waals surface area contributed by atoms with Gasteiger partial charge in [0.15, 0.2) is 0 Å². The van der Waals surface area contributed by atoms with E-state index in [0.717, 1.165) is 0 Å². The predicted octanol–water partition coefficient (Wildman–Crippen LogP) is 12.5. The monoisotopic (exact) mass is 571 g/mol. The van der Waals surface area contributed by atoms with Crippen LogP contribution in [0.25, 0.3) is 98.0 Å². The van der Waals surface area contributed by atoms with E-state index in [1.165, 1.54) is 6.07 Å². The number of hydrogen-bond donors (Lipinski definition) is 0. The normalized spacial score (nSPS) is 17.5. The molecular weight excluding hydrogens is 528 g/mol. The van der Waals surface area contributed by atoms with Crippen LogP contribution >= 0.6 is 0 Å². The van der Waals surface area contributed by atoms with Crippen molar-refractivity contribution in [3.05, 3.63) is 157 Å². The topological polar surface area (TPSA) is 0 Å². The molecule has 10 aromatic carbocycles. The Balaban J connectivity index is 1.18. The van der Waals surface area contributed by atoms with Crippen LogP contribution in [0.1, 0.15) is 23.3 Å². The van der Waals surface area contributed by atoms with Crippen LogP contribution in [0.2, 0.25) is 0 Å². The molecule has 0 aliphatic carbocycles. The van der Waals surface area contributed by atoms with E-state index in [-0.39, 0.29) is 106 Å². The van der Waals surface area contributed by atoms with Gasteiger partial charge in [-0.3, -0.25) is 0 Å². The smallest absolute Gasteiger partial charge is 0.0610 e. The molecule has 0 saturated carbocycles. The largest absolute Gasteiger partial charge is 0.0630 e. The molecule has 0 N–H and O–H groups in total. The van der Waals surface area contributed by atoms with Gasteiger partial charge in [0.2, 0.25) is 0 Å². The number of hydrogen-bond acceptors (Lipinski definition) is 0. The maximum Gasteiger partial charge on any atom is 0.0630 e. The first-order valence-corrected chi connectivity index (χ1v) is 14.0. The van der Waals surface area contributed by atoms with Crippen molar-refractivity contribution < 1.29 is 23.3 Å². The van der Waals surface area contributed by atoms with Crippen molar-refractivity contribution in [3.63, 3.8) is 0 Å². The van der Waals surface area contributed by atoms with Crippen molar-refractivity contribution in [2.45, 2.75) is 0 Å². The van der Waals surface area contributed by atoms with Gasteiger partial charge in [0, 0.05) is 0 Å². The van der Waals surface area contributed by atoms with Gasteiger partial charge in [-0.1, -0.05) is 151 Å². The van der Waals surface area contributed by atoms with Crippen molar-refractivity contribution in [1.29, 1.82) is 0 Å². The zero-order valence-corrected chi connectivity index (χ0v) is 22.7. The molecular formula is C44H26. The van der Waals surface area contributed by atoms with Crippen molar-refractivity contribution in [1.82, 2.24) is 0 Å². The zero-order chi connectivity index (χ0) is 43.6. The summed E-state index contributed by atoms with van der Waals surface area (Å²) < 4.78 is 150. The van der Waals surface area contributed by atoms with Gasteiger partial charge in [0.1, 0.15) is 0 Å². The molecule has 10 rings (SSSR count). The van der Waals surface area contributed by atoms with Crippen LogP contribution in [0.5, 0.6) is 0 Å². The van der Waals surface area contributed by atoms with Gasteiger partial charge in [-0.2, -0.15) is 0 Å². The second-order valence-electron chi connectivity index (χ2n) is 10.7. The first-order valence-electron chi connectivity index (χ1n) is 22.5. The highest BCUT2D eigenvalue weighted by atomic mass is 14.2. The Morgan fingerprint density at radius 2 is 0.795 bits per heavy atom. The SMILES string of the molecule is [2H]c1c([2H])c2cc([2H])c3c(-c4cccc(-c5ccc(-c6c([2H])c([2H])c7c([2H])c([2H])c8c([2H])c([2H])c([2H])c9c([2H])c([2H])c6c7c89)cc5)c4)c([2H])c([2H])c4c([2H])c([2H])c(c1[2H])c2c43. The van der Waals surface area contributed by atoms with Crippen molar-refractivity contribution >= 4 is 64.6 Å². The minimum atomic E-state index is -0.546. The third-order valence-corrected chi connectivity index (χ3v) is 8.36. The van der Waals surface area contributed by atoms with Crippen LogP contribution < -0.4 is 0 Å². The van der Waals surface area contributed by atoms with Gasteiger partial charge in [-0.15, -0.1) is 0 Å². The lowest BCUT2D eigenvalue weighted by Crippen LogP contribution is -1.88. The molecule has 0 bridgehead atoms. The zero-order valence-electron chi connectivity index (χ0n) is 39.7. The molecule has 10 aromatic rings. The minimum absolute atomic E-state index is 0.0319. The second-order valence-corrected chi connectivity index (χ2v) is 10.7. The molecule has 0 heteroatoms. The molecule has 44 heavy (non-hydrogen) atoms. The van der Waals surface area contributed by atoms with Crippen LogP contribution in [0.4, 0.5) is 0 Å². The van der Waals surface area contributed by atoms with Gasteiger partial charge < -0.3 is 0 Å². The number of rotatable bonds is 3. The van der Waals surface area contributed by atoms with Gasteiger partial charge >= 0.3 is 0 Å². The van der Waals surface area contributed by atoms with E-state index in [2.05, 4.69) is 0 Å². The lowest BCUT2D eigenvalue weighted by Gasteiger charge is -2.15. The van der Waals surface area contributed by atoms with Crippen LogP contribution in [-0.2, 0) is 0 Å². The Morgan fingerprint density at radius 3 is 1.48 bits per heavy atom. The Bertz CT molecular complexity index is 3630. The van der Waals surface area contributed by atoms with Gasteiger partial charge in [0.05, 0.1) is 23.3 Å². The molecule has 0 radical (unpaired) electrons. The summed E-state index contributed by atoms with van der Waals surface area (Å²) >= 11 is 0. The molecule has 0 heterocycles. The summed E-state index contributed by atoms with van der Waals surface area (Å²) in [5.41, 5.74) is 2.43. The van der Waals surface area contributed by atoms with Gasteiger partial charge in [0.25, 0.3) is 0 Å². The Morgan fingerprint density at radius 1 is 0.318 bits per heavy atom. The summed E-state index contributed by atoms with van der Waals surface area (Å²) in [6, 6.07) is 8.47. The molecule has 0 spiro atoms. The Kier molecular flexibility index (Phi) is 2.60. The van der Waals surface area contributed by atoms with E-state index in [1.54, 1.807) is 48.5 Å². The molecule has 0 aliphatic heterocycles. The fourth-order valence-electron chi connectivity index (χ4n) is 6.32. The highest BCUT2D eigenvalue weighted by Crippen LogP contribution is 2.41. The summed E-state index contributed by atoms with van der Waals surface area (Å²) in [4.78, 5) is 0. The molecule has 0 amide bonds. The van der Waals surface area contributed by atoms with E-state index in [4.69, 9.17) is 21.9 Å². The minimum Gasteiger partial charge on any atom is -0.0610 e.